The first-order valence-electron chi connectivity index (χ1n) is 6.55. The monoisotopic (exact) mass is 340 g/mol. The molecule has 7 nitrogen and oxygen atoms in total. The van der Waals surface area contributed by atoms with Crippen LogP contribution in [-0.4, -0.2) is 67.8 Å². The van der Waals surface area contributed by atoms with Crippen LogP contribution in [0.3, 0.4) is 0 Å². The minimum Gasteiger partial charge on any atom is -0.444 e. The van der Waals surface area contributed by atoms with Gasteiger partial charge < -0.3 is 14.5 Å². The van der Waals surface area contributed by atoms with E-state index in [4.69, 9.17) is 15.4 Å². The largest absolute Gasteiger partial charge is 0.444 e. The third-order valence-electron chi connectivity index (χ3n) is 2.99. The number of nitrogens with zero attached hydrogens (tertiary/aromatic N) is 2. The van der Waals surface area contributed by atoms with Crippen LogP contribution in [0.5, 0.6) is 0 Å². The summed E-state index contributed by atoms with van der Waals surface area (Å²) in [6, 6.07) is 0. The third-order valence-corrected chi connectivity index (χ3v) is 4.86. The van der Waals surface area contributed by atoms with E-state index in [0.717, 1.165) is 0 Å². The molecule has 1 saturated heterocycles. The maximum Gasteiger partial charge on any atom is 0.410 e. The summed E-state index contributed by atoms with van der Waals surface area (Å²) in [7, 11) is 3.08. The molecule has 0 N–H and O–H groups in total. The molecule has 0 radical (unpaired) electrons. The highest BCUT2D eigenvalue weighted by Gasteiger charge is 2.37. The quantitative estimate of drug-likeness (QED) is 0.713. The van der Waals surface area contributed by atoms with Crippen LogP contribution in [-0.2, 0) is 18.6 Å². The molecule has 0 aromatic heterocycles. The molecule has 122 valence electrons. The van der Waals surface area contributed by atoms with Crippen molar-refractivity contribution in [1.82, 2.24) is 9.80 Å². The van der Waals surface area contributed by atoms with Gasteiger partial charge in [0.15, 0.2) is 0 Å². The number of hydrogen-bond acceptors (Lipinski definition) is 5. The molecule has 0 bridgehead atoms. The van der Waals surface area contributed by atoms with E-state index in [1.807, 2.05) is 0 Å². The maximum absolute atomic E-state index is 11.8. The summed E-state index contributed by atoms with van der Waals surface area (Å²) in [5.41, 5.74) is -0.591. The summed E-state index contributed by atoms with van der Waals surface area (Å²) in [6.07, 6.45) is -0.599. The van der Waals surface area contributed by atoms with Crippen LogP contribution in [0.2, 0.25) is 0 Å². The maximum atomic E-state index is 11.8. The van der Waals surface area contributed by atoms with Crippen LogP contribution >= 0.6 is 10.7 Å². The second-order valence-corrected chi connectivity index (χ2v) is 8.95. The van der Waals surface area contributed by atoms with Crippen molar-refractivity contribution in [3.05, 3.63) is 0 Å². The van der Waals surface area contributed by atoms with E-state index in [2.05, 4.69) is 0 Å². The molecular weight excluding hydrogens is 320 g/mol. The Morgan fingerprint density at radius 2 is 2.05 bits per heavy atom. The zero-order valence-electron chi connectivity index (χ0n) is 12.6. The predicted octanol–water partition coefficient (Wildman–Crippen LogP) is 1.02. The minimum atomic E-state index is -3.74. The Balaban J connectivity index is 2.49. The Morgan fingerprint density at radius 1 is 1.48 bits per heavy atom. The van der Waals surface area contributed by atoms with Gasteiger partial charge in [0, 0.05) is 43.8 Å². The highest BCUT2D eigenvalue weighted by molar-refractivity contribution is 8.14. The van der Waals surface area contributed by atoms with E-state index in [-0.39, 0.29) is 32.0 Å². The number of hydrogen-bond donors (Lipinski definition) is 0. The standard InChI is InChI=1S/C12H21ClN2O5S/c1-12(2,3)20-11(17)14(4)5-6-15-8-9(7-10(15)16)21(13,18)19/h9H,5-8H2,1-4H3. The van der Waals surface area contributed by atoms with Gasteiger partial charge in [-0.15, -0.1) is 0 Å². The number of likely N-dealkylation sites (tertiary alicyclic amines) is 1. The van der Waals surface area contributed by atoms with Crippen LogP contribution < -0.4 is 0 Å². The van der Waals surface area contributed by atoms with Gasteiger partial charge in [-0.2, -0.15) is 0 Å². The van der Waals surface area contributed by atoms with Gasteiger partial charge in [-0.1, -0.05) is 0 Å². The molecule has 0 aromatic carbocycles. The molecule has 1 atom stereocenters. The second-order valence-electron chi connectivity index (χ2n) is 6.04. The second kappa shape index (κ2) is 6.39. The molecule has 1 rings (SSSR count). The van der Waals surface area contributed by atoms with Crippen molar-refractivity contribution in [1.29, 1.82) is 0 Å². The normalized spacial score (nSPS) is 19.8. The lowest BCUT2D eigenvalue weighted by Gasteiger charge is -2.26. The molecule has 2 amide bonds. The lowest BCUT2D eigenvalue weighted by atomic mass is 10.2. The van der Waals surface area contributed by atoms with Gasteiger partial charge in [-0.3, -0.25) is 4.79 Å². The molecule has 1 aliphatic heterocycles. The number of halogens is 1. The van der Waals surface area contributed by atoms with E-state index in [1.54, 1.807) is 27.8 Å². The highest BCUT2D eigenvalue weighted by Crippen LogP contribution is 2.21. The zero-order valence-corrected chi connectivity index (χ0v) is 14.2. The van der Waals surface area contributed by atoms with Crippen molar-refractivity contribution in [3.63, 3.8) is 0 Å². The minimum absolute atomic E-state index is 0.0623. The Bertz CT molecular complexity index is 514. The highest BCUT2D eigenvalue weighted by atomic mass is 35.7. The molecule has 21 heavy (non-hydrogen) atoms. The van der Waals surface area contributed by atoms with Crippen LogP contribution in [0.1, 0.15) is 27.2 Å². The van der Waals surface area contributed by atoms with E-state index in [0.29, 0.717) is 0 Å². The number of likely N-dealkylation sites (N-methyl/N-ethyl adjacent to an activating group) is 1. The molecule has 1 fully saturated rings. The van der Waals surface area contributed by atoms with E-state index < -0.39 is 26.0 Å². The van der Waals surface area contributed by atoms with Crippen molar-refractivity contribution in [2.45, 2.75) is 38.0 Å². The van der Waals surface area contributed by atoms with E-state index in [1.165, 1.54) is 9.80 Å². The van der Waals surface area contributed by atoms with Crippen molar-refractivity contribution in [2.75, 3.05) is 26.7 Å². The molecule has 0 aromatic rings. The van der Waals surface area contributed by atoms with Crippen LogP contribution in [0.15, 0.2) is 0 Å². The summed E-state index contributed by atoms with van der Waals surface area (Å²) in [5.74, 6) is -0.276. The summed E-state index contributed by atoms with van der Waals surface area (Å²) in [6.45, 7) is 5.86. The summed E-state index contributed by atoms with van der Waals surface area (Å²) >= 11 is 0. The average Bonchev–Trinajstić information content (AvgIpc) is 2.65. The Labute approximate surface area is 129 Å². The van der Waals surface area contributed by atoms with Gasteiger partial charge in [0.2, 0.25) is 15.0 Å². The van der Waals surface area contributed by atoms with Crippen LogP contribution in [0.4, 0.5) is 4.79 Å². The summed E-state index contributed by atoms with van der Waals surface area (Å²) in [4.78, 5) is 26.2. The molecule has 0 spiro atoms. The molecule has 0 saturated carbocycles. The lowest BCUT2D eigenvalue weighted by Crippen LogP contribution is -2.40. The van der Waals surface area contributed by atoms with Crippen molar-refractivity contribution in [3.8, 4) is 0 Å². The summed E-state index contributed by atoms with van der Waals surface area (Å²) < 4.78 is 27.6. The molecule has 9 heteroatoms. The van der Waals surface area contributed by atoms with Gasteiger partial charge in [0.05, 0.1) is 0 Å². The molecule has 1 heterocycles. The summed E-state index contributed by atoms with van der Waals surface area (Å²) in [5, 5.41) is -0.876. The first-order chi connectivity index (χ1) is 9.40. The molecular formula is C12H21ClN2O5S. The number of carbonyl (C=O) groups excluding carboxylic acids is 2. The SMILES string of the molecule is CN(CCN1CC(S(=O)(=O)Cl)CC1=O)C(=O)OC(C)(C)C. The first kappa shape index (κ1) is 18.0. The molecule has 1 unspecified atom stereocenters. The number of rotatable bonds is 4. The molecule has 1 aliphatic rings. The zero-order chi connectivity index (χ0) is 16.4. The predicted molar refractivity (Wildman–Crippen MR) is 78.6 cm³/mol. The average molecular weight is 341 g/mol. The van der Waals surface area contributed by atoms with Crippen molar-refractivity contribution < 1.29 is 22.7 Å². The van der Waals surface area contributed by atoms with Gasteiger partial charge >= 0.3 is 6.09 Å². The van der Waals surface area contributed by atoms with Gasteiger partial charge in [-0.05, 0) is 20.8 Å². The van der Waals surface area contributed by atoms with E-state index >= 15 is 0 Å². The first-order valence-corrected chi connectivity index (χ1v) is 8.93. The van der Waals surface area contributed by atoms with Crippen molar-refractivity contribution >= 4 is 31.7 Å². The van der Waals surface area contributed by atoms with E-state index in [9.17, 15) is 18.0 Å². The van der Waals surface area contributed by atoms with Crippen LogP contribution in [0, 0.1) is 0 Å². The fraction of sp³-hybridized carbons (Fsp3) is 0.833. The van der Waals surface area contributed by atoms with Gasteiger partial charge in [0.25, 0.3) is 0 Å². The Morgan fingerprint density at radius 3 is 2.48 bits per heavy atom. The smallest absolute Gasteiger partial charge is 0.410 e. The number of ether oxygens (including phenoxy) is 1. The van der Waals surface area contributed by atoms with Gasteiger partial charge in [-0.25, -0.2) is 13.2 Å². The third kappa shape index (κ3) is 5.70. The number of carbonyl (C=O) groups is 2. The lowest BCUT2D eigenvalue weighted by molar-refractivity contribution is -0.127. The topological polar surface area (TPSA) is 84.0 Å². The molecule has 0 aliphatic carbocycles. The van der Waals surface area contributed by atoms with Gasteiger partial charge in [0.1, 0.15) is 10.9 Å². The Kier molecular flexibility index (Phi) is 5.49. The van der Waals surface area contributed by atoms with Crippen LogP contribution in [0.25, 0.3) is 0 Å². The Hall–Kier alpha value is -1.02. The fourth-order valence-electron chi connectivity index (χ4n) is 1.84. The van der Waals surface area contributed by atoms with Crippen molar-refractivity contribution in [2.24, 2.45) is 0 Å². The number of amides is 2. The fourth-order valence-corrected chi connectivity index (χ4v) is 2.90.